The van der Waals surface area contributed by atoms with Gasteiger partial charge in [0.05, 0.1) is 0 Å². The maximum Gasteiger partial charge on any atom is 0.243 e. The smallest absolute Gasteiger partial charge is 0.243 e. The van der Waals surface area contributed by atoms with Crippen molar-refractivity contribution in [2.75, 3.05) is 6.61 Å². The summed E-state index contributed by atoms with van der Waals surface area (Å²) < 4.78 is 5.28. The van der Waals surface area contributed by atoms with E-state index >= 15 is 0 Å². The maximum absolute atomic E-state index is 11.2. The van der Waals surface area contributed by atoms with E-state index in [1.807, 2.05) is 0 Å². The molecule has 1 unspecified atom stereocenters. The number of unbranched alkanes of at least 4 members (excludes halogenated alkanes) is 1. The molecule has 1 atom stereocenters. The van der Waals surface area contributed by atoms with Crippen LogP contribution in [0.25, 0.3) is 0 Å². The Morgan fingerprint density at radius 1 is 1.60 bits per heavy atom. The first kappa shape index (κ1) is 12.0. The normalized spacial score (nSPS) is 20.6. The van der Waals surface area contributed by atoms with Gasteiger partial charge in [0.2, 0.25) is 5.91 Å². The van der Waals surface area contributed by atoms with Gasteiger partial charge in [-0.15, -0.1) is 12.3 Å². The molecule has 1 aliphatic heterocycles. The minimum absolute atomic E-state index is 0.139. The lowest BCUT2D eigenvalue weighted by atomic mass is 10.2. The van der Waals surface area contributed by atoms with Gasteiger partial charge < -0.3 is 4.74 Å². The molecule has 0 saturated carbocycles. The third-order valence-corrected chi connectivity index (χ3v) is 2.17. The van der Waals surface area contributed by atoms with Crippen LogP contribution in [0, 0.1) is 12.3 Å². The largest absolute Gasteiger partial charge is 0.350 e. The topological polar surface area (TPSA) is 47.6 Å². The first-order valence-corrected chi connectivity index (χ1v) is 5.32. The lowest BCUT2D eigenvalue weighted by Crippen LogP contribution is -2.32. The number of terminal acetylenes is 1. The van der Waals surface area contributed by atoms with Crippen molar-refractivity contribution in [2.24, 2.45) is 0 Å². The summed E-state index contributed by atoms with van der Waals surface area (Å²) in [5.41, 5.74) is 2.38. The molecule has 0 aromatic rings. The molecule has 1 N–H and O–H groups in total. The van der Waals surface area contributed by atoms with Crippen molar-refractivity contribution in [1.29, 1.82) is 0 Å². The van der Waals surface area contributed by atoms with Crippen molar-refractivity contribution in [2.45, 2.75) is 44.8 Å². The Morgan fingerprint density at radius 2 is 2.47 bits per heavy atom. The number of amides is 1. The number of hydrogen-bond donors (Lipinski definition) is 1. The number of rotatable bonds is 5. The van der Waals surface area contributed by atoms with E-state index in [9.17, 15) is 4.79 Å². The van der Waals surface area contributed by atoms with Gasteiger partial charge in [-0.05, 0) is 19.3 Å². The highest BCUT2D eigenvalue weighted by Gasteiger charge is 2.15. The quantitative estimate of drug-likeness (QED) is 0.424. The molecular weight excluding hydrogens is 194 g/mol. The fourth-order valence-electron chi connectivity index (χ4n) is 1.34. The lowest BCUT2D eigenvalue weighted by molar-refractivity contribution is -0.200. The zero-order valence-electron chi connectivity index (χ0n) is 8.83. The molecule has 4 nitrogen and oxygen atoms in total. The molecule has 0 radical (unpaired) electrons. The van der Waals surface area contributed by atoms with E-state index < -0.39 is 0 Å². The SMILES string of the molecule is C#CCCCC(=O)NOC1CCCCO1. The number of ether oxygens (including phenoxy) is 1. The molecule has 1 saturated heterocycles. The number of hydrogen-bond acceptors (Lipinski definition) is 3. The third kappa shape index (κ3) is 5.40. The van der Waals surface area contributed by atoms with Gasteiger partial charge in [-0.3, -0.25) is 4.79 Å². The average Bonchev–Trinajstić information content (AvgIpc) is 2.28. The van der Waals surface area contributed by atoms with Crippen molar-refractivity contribution in [3.05, 3.63) is 0 Å². The molecule has 1 fully saturated rings. The Bertz CT molecular complexity index is 228. The Labute approximate surface area is 90.3 Å². The van der Waals surface area contributed by atoms with Crippen molar-refractivity contribution in [1.82, 2.24) is 5.48 Å². The highest BCUT2D eigenvalue weighted by Crippen LogP contribution is 2.12. The van der Waals surface area contributed by atoms with Crippen molar-refractivity contribution >= 4 is 5.91 Å². The standard InChI is InChI=1S/C11H17NO3/c1-2-3-4-7-10(13)12-15-11-8-5-6-9-14-11/h1,11H,3-9H2,(H,12,13). The molecule has 1 aliphatic rings. The molecule has 15 heavy (non-hydrogen) atoms. The third-order valence-electron chi connectivity index (χ3n) is 2.17. The second-order valence-electron chi connectivity index (χ2n) is 3.50. The fourth-order valence-corrected chi connectivity index (χ4v) is 1.34. The van der Waals surface area contributed by atoms with E-state index in [1.54, 1.807) is 0 Å². The fraction of sp³-hybridized carbons (Fsp3) is 0.727. The molecule has 0 aromatic carbocycles. The number of nitrogens with one attached hydrogen (secondary N) is 1. The predicted octanol–water partition coefficient (Wildman–Crippen LogP) is 1.36. The van der Waals surface area contributed by atoms with Gasteiger partial charge in [-0.1, -0.05) is 0 Å². The average molecular weight is 211 g/mol. The number of carbonyl (C=O) groups is 1. The second-order valence-corrected chi connectivity index (χ2v) is 3.50. The lowest BCUT2D eigenvalue weighted by Gasteiger charge is -2.22. The highest BCUT2D eigenvalue weighted by molar-refractivity contribution is 5.74. The van der Waals surface area contributed by atoms with Gasteiger partial charge in [-0.25, -0.2) is 10.3 Å². The first-order chi connectivity index (χ1) is 7.33. The molecule has 0 aromatic heterocycles. The Kier molecular flexibility index (Phi) is 5.83. The highest BCUT2D eigenvalue weighted by atomic mass is 16.8. The van der Waals surface area contributed by atoms with Gasteiger partial charge in [0.15, 0.2) is 6.29 Å². The molecular formula is C11H17NO3. The van der Waals surface area contributed by atoms with E-state index in [1.165, 1.54) is 0 Å². The van der Waals surface area contributed by atoms with Crippen LogP contribution in [0.2, 0.25) is 0 Å². The molecule has 1 heterocycles. The molecule has 1 amide bonds. The number of carbonyl (C=O) groups excluding carboxylic acids is 1. The van der Waals surface area contributed by atoms with Crippen molar-refractivity contribution < 1.29 is 14.4 Å². The summed E-state index contributed by atoms with van der Waals surface area (Å²) in [7, 11) is 0. The molecule has 1 rings (SSSR count). The van der Waals surface area contributed by atoms with Gasteiger partial charge in [0, 0.05) is 25.9 Å². The molecule has 4 heteroatoms. The summed E-state index contributed by atoms with van der Waals surface area (Å²) in [6, 6.07) is 0. The number of hydroxylamine groups is 1. The Hall–Kier alpha value is -1.05. The second kappa shape index (κ2) is 7.27. The predicted molar refractivity (Wildman–Crippen MR) is 55.5 cm³/mol. The Morgan fingerprint density at radius 3 is 3.13 bits per heavy atom. The summed E-state index contributed by atoms with van der Waals surface area (Å²) in [5.74, 6) is 2.34. The minimum Gasteiger partial charge on any atom is -0.350 e. The molecule has 0 spiro atoms. The van der Waals surface area contributed by atoms with Crippen LogP contribution in [0.3, 0.4) is 0 Å². The van der Waals surface area contributed by atoms with Crippen LogP contribution in [0.1, 0.15) is 38.5 Å². The van der Waals surface area contributed by atoms with Crippen LogP contribution in [0.5, 0.6) is 0 Å². The van der Waals surface area contributed by atoms with E-state index in [4.69, 9.17) is 16.0 Å². The van der Waals surface area contributed by atoms with Gasteiger partial charge in [-0.2, -0.15) is 0 Å². The molecule has 0 aliphatic carbocycles. The minimum atomic E-state index is -0.282. The van der Waals surface area contributed by atoms with E-state index in [0.717, 1.165) is 19.3 Å². The first-order valence-electron chi connectivity index (χ1n) is 5.32. The van der Waals surface area contributed by atoms with E-state index in [-0.39, 0.29) is 12.2 Å². The maximum atomic E-state index is 11.2. The Balaban J connectivity index is 2.03. The van der Waals surface area contributed by atoms with Gasteiger partial charge in [0.25, 0.3) is 0 Å². The van der Waals surface area contributed by atoms with E-state index in [2.05, 4.69) is 11.4 Å². The molecule has 84 valence electrons. The summed E-state index contributed by atoms with van der Waals surface area (Å²) in [5, 5.41) is 0. The van der Waals surface area contributed by atoms with Crippen LogP contribution in [0.15, 0.2) is 0 Å². The van der Waals surface area contributed by atoms with Crippen molar-refractivity contribution in [3.63, 3.8) is 0 Å². The summed E-state index contributed by atoms with van der Waals surface area (Å²) in [4.78, 5) is 16.3. The molecule has 0 bridgehead atoms. The summed E-state index contributed by atoms with van der Waals surface area (Å²) >= 11 is 0. The van der Waals surface area contributed by atoms with E-state index in [0.29, 0.717) is 25.9 Å². The van der Waals surface area contributed by atoms with Gasteiger partial charge in [0.1, 0.15) is 0 Å². The van der Waals surface area contributed by atoms with Crippen LogP contribution >= 0.6 is 0 Å². The summed E-state index contributed by atoms with van der Waals surface area (Å²) in [6.07, 6.45) is 9.48. The van der Waals surface area contributed by atoms with Crippen LogP contribution in [-0.2, 0) is 14.4 Å². The van der Waals surface area contributed by atoms with Gasteiger partial charge >= 0.3 is 0 Å². The van der Waals surface area contributed by atoms with Crippen LogP contribution in [0.4, 0.5) is 0 Å². The zero-order chi connectivity index (χ0) is 10.9. The van der Waals surface area contributed by atoms with Crippen LogP contribution in [-0.4, -0.2) is 18.8 Å². The van der Waals surface area contributed by atoms with Crippen LogP contribution < -0.4 is 5.48 Å². The summed E-state index contributed by atoms with van der Waals surface area (Å²) in [6.45, 7) is 0.706. The zero-order valence-corrected chi connectivity index (χ0v) is 8.83. The monoisotopic (exact) mass is 211 g/mol. The van der Waals surface area contributed by atoms with Crippen molar-refractivity contribution in [3.8, 4) is 12.3 Å².